The summed E-state index contributed by atoms with van der Waals surface area (Å²) in [4.78, 5) is 30.3. The molecule has 0 radical (unpaired) electrons. The van der Waals surface area contributed by atoms with Gasteiger partial charge in [-0.1, -0.05) is 23.8 Å². The lowest BCUT2D eigenvalue weighted by molar-refractivity contribution is -0.131. The molecule has 4 rings (SSSR count). The van der Waals surface area contributed by atoms with Crippen LogP contribution in [0.25, 0.3) is 0 Å². The summed E-state index contributed by atoms with van der Waals surface area (Å²) >= 11 is 0. The summed E-state index contributed by atoms with van der Waals surface area (Å²) in [5, 5.41) is 0. The summed E-state index contributed by atoms with van der Waals surface area (Å²) in [5.74, 6) is 0.197. The van der Waals surface area contributed by atoms with Gasteiger partial charge in [-0.2, -0.15) is 0 Å². The maximum Gasteiger partial charge on any atom is 0.254 e. The molecule has 5 heteroatoms. The zero-order valence-corrected chi connectivity index (χ0v) is 16.1. The number of aromatic nitrogens is 1. The minimum absolute atomic E-state index is 0.0261. The molecule has 5 nitrogen and oxygen atoms in total. The Balaban J connectivity index is 1.63. The number of hydrogen-bond donors (Lipinski definition) is 0. The average molecular weight is 365 g/mol. The summed E-state index contributed by atoms with van der Waals surface area (Å²) in [6.45, 7) is 4.24. The van der Waals surface area contributed by atoms with E-state index in [1.807, 2.05) is 29.2 Å². The van der Waals surface area contributed by atoms with Crippen molar-refractivity contribution in [1.82, 2.24) is 9.47 Å². The van der Waals surface area contributed by atoms with E-state index in [2.05, 4.69) is 24.0 Å². The first-order valence-corrected chi connectivity index (χ1v) is 9.79. The molecule has 0 bridgehead atoms. The Kier molecular flexibility index (Phi) is 4.64. The van der Waals surface area contributed by atoms with Gasteiger partial charge in [-0.25, -0.2) is 0 Å². The molecule has 142 valence electrons. The van der Waals surface area contributed by atoms with Gasteiger partial charge in [-0.05, 0) is 57.4 Å². The Bertz CT molecular complexity index is 903. The van der Waals surface area contributed by atoms with Crippen molar-refractivity contribution >= 4 is 11.6 Å². The highest BCUT2D eigenvalue weighted by atomic mass is 16.2. The number of carbonyl (C=O) groups excluding carboxylic acids is 1. The fourth-order valence-corrected chi connectivity index (χ4v) is 4.63. The minimum Gasteiger partial charge on any atom is -0.318 e. The first kappa shape index (κ1) is 18.0. The smallest absolute Gasteiger partial charge is 0.254 e. The van der Waals surface area contributed by atoms with Crippen LogP contribution in [0.2, 0.25) is 0 Å². The lowest BCUT2D eigenvalue weighted by Crippen LogP contribution is -2.60. The molecular weight excluding hydrogens is 338 g/mol. The summed E-state index contributed by atoms with van der Waals surface area (Å²) in [6, 6.07) is 12.0. The molecule has 2 aromatic rings. The topological polar surface area (TPSA) is 45.5 Å². The van der Waals surface area contributed by atoms with E-state index >= 15 is 0 Å². The molecule has 2 saturated heterocycles. The number of aryl methyl sites for hydroxylation is 2. The van der Waals surface area contributed by atoms with E-state index in [0.717, 1.165) is 50.0 Å². The van der Waals surface area contributed by atoms with Crippen LogP contribution in [0.1, 0.15) is 36.8 Å². The molecule has 2 fully saturated rings. The van der Waals surface area contributed by atoms with Crippen molar-refractivity contribution in [3.05, 3.63) is 64.1 Å². The van der Waals surface area contributed by atoms with Crippen LogP contribution in [-0.4, -0.2) is 34.0 Å². The summed E-state index contributed by atoms with van der Waals surface area (Å²) < 4.78 is 1.61. The van der Waals surface area contributed by atoms with Crippen LogP contribution < -0.4 is 10.5 Å². The Morgan fingerprint density at radius 3 is 2.44 bits per heavy atom. The predicted octanol–water partition coefficient (Wildman–Crippen LogP) is 2.86. The second kappa shape index (κ2) is 6.97. The number of rotatable bonds is 3. The van der Waals surface area contributed by atoms with Gasteiger partial charge in [-0.3, -0.25) is 14.5 Å². The van der Waals surface area contributed by atoms with Crippen molar-refractivity contribution in [2.24, 2.45) is 7.05 Å². The van der Waals surface area contributed by atoms with E-state index in [1.165, 1.54) is 5.56 Å². The number of hydrogen-bond acceptors (Lipinski definition) is 3. The largest absolute Gasteiger partial charge is 0.318 e. The van der Waals surface area contributed by atoms with E-state index in [-0.39, 0.29) is 11.5 Å². The SMILES string of the molecule is Cc1ccc(N2CCCC3(CCCN3Cc3cccn(C)c3=O)C2=O)cc1. The van der Waals surface area contributed by atoms with Gasteiger partial charge < -0.3 is 9.47 Å². The van der Waals surface area contributed by atoms with E-state index in [9.17, 15) is 9.59 Å². The van der Waals surface area contributed by atoms with Crippen LogP contribution in [0, 0.1) is 6.92 Å². The van der Waals surface area contributed by atoms with Gasteiger partial charge in [0.05, 0.1) is 0 Å². The monoisotopic (exact) mass is 365 g/mol. The van der Waals surface area contributed by atoms with Crippen molar-refractivity contribution in [2.75, 3.05) is 18.0 Å². The molecular formula is C22H27N3O2. The summed E-state index contributed by atoms with van der Waals surface area (Å²) in [6.07, 6.45) is 5.52. The third-order valence-electron chi connectivity index (χ3n) is 6.15. The first-order valence-electron chi connectivity index (χ1n) is 9.79. The summed E-state index contributed by atoms with van der Waals surface area (Å²) in [7, 11) is 1.77. The number of carbonyl (C=O) groups is 1. The molecule has 1 unspecified atom stereocenters. The predicted molar refractivity (Wildman–Crippen MR) is 107 cm³/mol. The van der Waals surface area contributed by atoms with Crippen molar-refractivity contribution in [1.29, 1.82) is 0 Å². The third-order valence-corrected chi connectivity index (χ3v) is 6.15. The third kappa shape index (κ3) is 3.10. The molecule has 1 aromatic heterocycles. The normalized spacial score (nSPS) is 23.3. The highest BCUT2D eigenvalue weighted by Gasteiger charge is 2.51. The quantitative estimate of drug-likeness (QED) is 0.840. The van der Waals surface area contributed by atoms with E-state index in [0.29, 0.717) is 6.54 Å². The number of anilines is 1. The van der Waals surface area contributed by atoms with Crippen LogP contribution >= 0.6 is 0 Å². The van der Waals surface area contributed by atoms with Crippen molar-refractivity contribution < 1.29 is 4.79 Å². The van der Waals surface area contributed by atoms with Gasteiger partial charge in [0.25, 0.3) is 5.56 Å². The fourth-order valence-electron chi connectivity index (χ4n) is 4.63. The van der Waals surface area contributed by atoms with E-state index in [4.69, 9.17) is 0 Å². The standard InChI is InChI=1S/C22H27N3O2/c1-17-7-9-19(10-8-17)25-15-5-12-22(21(25)27)11-4-14-24(22)16-18-6-3-13-23(2)20(18)26/h3,6-10,13H,4-5,11-12,14-16H2,1-2H3. The van der Waals surface area contributed by atoms with Crippen LogP contribution in [0.3, 0.4) is 0 Å². The first-order chi connectivity index (χ1) is 13.0. The van der Waals surface area contributed by atoms with Gasteiger partial charge in [0.15, 0.2) is 0 Å². The van der Waals surface area contributed by atoms with Crippen LogP contribution in [0.15, 0.2) is 47.4 Å². The Morgan fingerprint density at radius 2 is 1.70 bits per heavy atom. The van der Waals surface area contributed by atoms with Crippen molar-refractivity contribution in [2.45, 2.75) is 44.7 Å². The number of piperidine rings is 1. The van der Waals surface area contributed by atoms with E-state index < -0.39 is 5.54 Å². The molecule has 0 aliphatic carbocycles. The lowest BCUT2D eigenvalue weighted by Gasteiger charge is -2.44. The number of pyridine rings is 1. The zero-order chi connectivity index (χ0) is 19.0. The zero-order valence-electron chi connectivity index (χ0n) is 16.1. The molecule has 0 saturated carbocycles. The maximum absolute atomic E-state index is 13.6. The van der Waals surface area contributed by atoms with Gasteiger partial charge in [0.2, 0.25) is 5.91 Å². The van der Waals surface area contributed by atoms with E-state index in [1.54, 1.807) is 17.8 Å². The number of amides is 1. The second-order valence-electron chi connectivity index (χ2n) is 7.90. The van der Waals surface area contributed by atoms with Gasteiger partial charge in [0.1, 0.15) is 5.54 Å². The average Bonchev–Trinajstić information content (AvgIpc) is 3.05. The highest BCUT2D eigenvalue weighted by Crippen LogP contribution is 2.40. The number of likely N-dealkylation sites (tertiary alicyclic amines) is 1. The lowest BCUT2D eigenvalue weighted by atomic mass is 9.85. The van der Waals surface area contributed by atoms with Crippen LogP contribution in [0.4, 0.5) is 5.69 Å². The number of nitrogens with zero attached hydrogens (tertiary/aromatic N) is 3. The van der Waals surface area contributed by atoms with Gasteiger partial charge >= 0.3 is 0 Å². The Hall–Kier alpha value is -2.40. The summed E-state index contributed by atoms with van der Waals surface area (Å²) in [5.41, 5.74) is 2.50. The highest BCUT2D eigenvalue weighted by molar-refractivity contribution is 6.01. The van der Waals surface area contributed by atoms with Crippen molar-refractivity contribution in [3.63, 3.8) is 0 Å². The molecule has 0 N–H and O–H groups in total. The minimum atomic E-state index is -0.468. The molecule has 2 aliphatic heterocycles. The molecule has 3 heterocycles. The molecule has 1 aromatic carbocycles. The second-order valence-corrected chi connectivity index (χ2v) is 7.90. The molecule has 1 atom stereocenters. The van der Waals surface area contributed by atoms with Crippen LogP contribution in [-0.2, 0) is 18.4 Å². The molecule has 1 amide bonds. The fraction of sp³-hybridized carbons (Fsp3) is 0.455. The Labute approximate surface area is 160 Å². The van der Waals surface area contributed by atoms with Crippen LogP contribution in [0.5, 0.6) is 0 Å². The van der Waals surface area contributed by atoms with Gasteiger partial charge in [-0.15, -0.1) is 0 Å². The molecule has 1 spiro atoms. The van der Waals surface area contributed by atoms with Crippen molar-refractivity contribution in [3.8, 4) is 0 Å². The molecule has 2 aliphatic rings. The van der Waals surface area contributed by atoms with Gasteiger partial charge in [0, 0.05) is 37.6 Å². The molecule has 27 heavy (non-hydrogen) atoms. The Morgan fingerprint density at radius 1 is 1.00 bits per heavy atom. The maximum atomic E-state index is 13.6. The number of benzene rings is 1.